The zero-order chi connectivity index (χ0) is 14.5. The molecule has 1 amide bonds. The fourth-order valence-corrected chi connectivity index (χ4v) is 4.09. The largest absolute Gasteiger partial charge is 0.353 e. The molecule has 112 valence electrons. The van der Waals surface area contributed by atoms with Gasteiger partial charge in [-0.3, -0.25) is 4.79 Å². The van der Waals surface area contributed by atoms with E-state index in [0.29, 0.717) is 12.5 Å². The van der Waals surface area contributed by atoms with Gasteiger partial charge in [0, 0.05) is 25.0 Å². The Balaban J connectivity index is 2.42. The Morgan fingerprint density at radius 1 is 1.37 bits per heavy atom. The van der Waals surface area contributed by atoms with Gasteiger partial charge < -0.3 is 10.6 Å². The standard InChI is InChI=1S/C13H26N2O3S/c1-4-11(5-2)10(3)15-13(16)8-12-9-19(17,18)7-6-14-12/h10-12,14H,4-9H2,1-3H3,(H,15,16). The van der Waals surface area contributed by atoms with Crippen LogP contribution in [0.1, 0.15) is 40.0 Å². The molecule has 2 N–H and O–H groups in total. The second kappa shape index (κ2) is 7.24. The summed E-state index contributed by atoms with van der Waals surface area (Å²) >= 11 is 0. The highest BCUT2D eigenvalue weighted by Gasteiger charge is 2.26. The first kappa shape index (κ1) is 16.4. The minimum absolute atomic E-state index is 0.0611. The van der Waals surface area contributed by atoms with Crippen LogP contribution >= 0.6 is 0 Å². The quantitative estimate of drug-likeness (QED) is 0.755. The van der Waals surface area contributed by atoms with Crippen molar-refractivity contribution in [2.24, 2.45) is 5.92 Å². The lowest BCUT2D eigenvalue weighted by Crippen LogP contribution is -2.48. The first-order valence-electron chi connectivity index (χ1n) is 7.11. The lowest BCUT2D eigenvalue weighted by atomic mass is 9.95. The normalized spacial score (nSPS) is 24.1. The first-order chi connectivity index (χ1) is 8.88. The summed E-state index contributed by atoms with van der Waals surface area (Å²) in [4.78, 5) is 11.9. The average molecular weight is 290 g/mol. The molecule has 2 unspecified atom stereocenters. The third-order valence-corrected chi connectivity index (χ3v) is 5.61. The molecule has 0 aromatic carbocycles. The maximum absolute atomic E-state index is 11.9. The molecule has 0 radical (unpaired) electrons. The van der Waals surface area contributed by atoms with Gasteiger partial charge in [-0.1, -0.05) is 26.7 Å². The summed E-state index contributed by atoms with van der Waals surface area (Å²) in [5.41, 5.74) is 0. The Bertz CT molecular complexity index is 391. The fraction of sp³-hybridized carbons (Fsp3) is 0.923. The Morgan fingerprint density at radius 2 is 2.00 bits per heavy atom. The molecule has 19 heavy (non-hydrogen) atoms. The van der Waals surface area contributed by atoms with Gasteiger partial charge in [0.15, 0.2) is 9.84 Å². The molecule has 0 aromatic rings. The van der Waals surface area contributed by atoms with E-state index in [2.05, 4.69) is 24.5 Å². The molecule has 1 aliphatic heterocycles. The molecule has 0 spiro atoms. The van der Waals surface area contributed by atoms with Crippen LogP contribution < -0.4 is 10.6 Å². The minimum Gasteiger partial charge on any atom is -0.353 e. The lowest BCUT2D eigenvalue weighted by Gasteiger charge is -2.26. The monoisotopic (exact) mass is 290 g/mol. The Hall–Kier alpha value is -0.620. The molecule has 6 heteroatoms. The van der Waals surface area contributed by atoms with Crippen molar-refractivity contribution in [1.29, 1.82) is 0 Å². The summed E-state index contributed by atoms with van der Waals surface area (Å²) in [7, 11) is -2.97. The summed E-state index contributed by atoms with van der Waals surface area (Å²) < 4.78 is 23.0. The van der Waals surface area contributed by atoms with Crippen molar-refractivity contribution in [1.82, 2.24) is 10.6 Å². The summed E-state index contributed by atoms with van der Waals surface area (Å²) in [6.07, 6.45) is 2.31. The molecule has 1 fully saturated rings. The highest BCUT2D eigenvalue weighted by molar-refractivity contribution is 7.91. The molecule has 1 heterocycles. The van der Waals surface area contributed by atoms with Gasteiger partial charge in [-0.2, -0.15) is 0 Å². The van der Waals surface area contributed by atoms with E-state index in [9.17, 15) is 13.2 Å². The number of carbonyl (C=O) groups excluding carboxylic acids is 1. The molecular formula is C13H26N2O3S. The van der Waals surface area contributed by atoms with Crippen molar-refractivity contribution in [3.8, 4) is 0 Å². The van der Waals surface area contributed by atoms with Crippen LogP contribution in [0.4, 0.5) is 0 Å². The first-order valence-corrected chi connectivity index (χ1v) is 8.93. The summed E-state index contributed by atoms with van der Waals surface area (Å²) in [6, 6.07) is -0.102. The Morgan fingerprint density at radius 3 is 2.53 bits per heavy atom. The second-order valence-electron chi connectivity index (χ2n) is 5.40. The number of carbonyl (C=O) groups is 1. The fourth-order valence-electron chi connectivity index (χ4n) is 2.65. The third kappa shape index (κ3) is 5.48. The van der Waals surface area contributed by atoms with Gasteiger partial charge in [0.25, 0.3) is 0 Å². The van der Waals surface area contributed by atoms with E-state index in [0.717, 1.165) is 12.8 Å². The van der Waals surface area contributed by atoms with E-state index in [1.165, 1.54) is 0 Å². The SMILES string of the molecule is CCC(CC)C(C)NC(=O)CC1CS(=O)(=O)CCN1. The summed E-state index contributed by atoms with van der Waals surface area (Å²) in [5.74, 6) is 0.663. The molecule has 1 rings (SSSR count). The van der Waals surface area contributed by atoms with Crippen molar-refractivity contribution >= 4 is 15.7 Å². The van der Waals surface area contributed by atoms with Gasteiger partial charge in [-0.15, -0.1) is 0 Å². The highest BCUT2D eigenvalue weighted by atomic mass is 32.2. The number of rotatable bonds is 6. The van der Waals surface area contributed by atoms with Crippen molar-refractivity contribution in [2.45, 2.75) is 52.1 Å². The van der Waals surface area contributed by atoms with Crippen molar-refractivity contribution in [2.75, 3.05) is 18.1 Å². The Labute approximate surface area is 116 Å². The number of hydrogen-bond acceptors (Lipinski definition) is 4. The Kier molecular flexibility index (Phi) is 6.26. The minimum atomic E-state index is -2.97. The van der Waals surface area contributed by atoms with Gasteiger partial charge in [-0.25, -0.2) is 8.42 Å². The highest BCUT2D eigenvalue weighted by Crippen LogP contribution is 2.13. The molecule has 0 aromatic heterocycles. The van der Waals surface area contributed by atoms with Crippen LogP contribution in [0.15, 0.2) is 0 Å². The van der Waals surface area contributed by atoms with E-state index in [4.69, 9.17) is 0 Å². The van der Waals surface area contributed by atoms with Crippen LogP contribution in [0.3, 0.4) is 0 Å². The number of nitrogens with one attached hydrogen (secondary N) is 2. The predicted molar refractivity (Wildman–Crippen MR) is 76.7 cm³/mol. The van der Waals surface area contributed by atoms with Crippen LogP contribution in [0.2, 0.25) is 0 Å². The molecule has 0 aliphatic carbocycles. The van der Waals surface area contributed by atoms with Gasteiger partial charge in [0.1, 0.15) is 0 Å². The predicted octanol–water partition coefficient (Wildman–Crippen LogP) is 0.704. The number of sulfone groups is 1. The van der Waals surface area contributed by atoms with Crippen LogP contribution in [0.5, 0.6) is 0 Å². The van der Waals surface area contributed by atoms with Crippen molar-refractivity contribution < 1.29 is 13.2 Å². The second-order valence-corrected chi connectivity index (χ2v) is 7.63. The van der Waals surface area contributed by atoms with Crippen LogP contribution in [0.25, 0.3) is 0 Å². The van der Waals surface area contributed by atoms with Gasteiger partial charge in [-0.05, 0) is 12.8 Å². The van der Waals surface area contributed by atoms with E-state index in [-0.39, 0.29) is 35.9 Å². The van der Waals surface area contributed by atoms with Crippen LogP contribution in [0, 0.1) is 5.92 Å². The van der Waals surface area contributed by atoms with Gasteiger partial charge in [0.2, 0.25) is 5.91 Å². The molecule has 5 nitrogen and oxygen atoms in total. The van der Waals surface area contributed by atoms with Crippen molar-refractivity contribution in [3.05, 3.63) is 0 Å². The zero-order valence-electron chi connectivity index (χ0n) is 12.1. The number of hydrogen-bond donors (Lipinski definition) is 2. The maximum Gasteiger partial charge on any atom is 0.221 e. The number of amides is 1. The van der Waals surface area contributed by atoms with Gasteiger partial charge >= 0.3 is 0 Å². The van der Waals surface area contributed by atoms with Crippen LogP contribution in [-0.4, -0.2) is 44.5 Å². The van der Waals surface area contributed by atoms with E-state index < -0.39 is 9.84 Å². The molecule has 1 aliphatic rings. The summed E-state index contributed by atoms with van der Waals surface area (Å²) in [6.45, 7) is 6.70. The molecule has 0 bridgehead atoms. The third-order valence-electron chi connectivity index (χ3n) is 3.88. The van der Waals surface area contributed by atoms with Gasteiger partial charge in [0.05, 0.1) is 11.5 Å². The van der Waals surface area contributed by atoms with E-state index in [1.54, 1.807) is 0 Å². The molecule has 2 atom stereocenters. The van der Waals surface area contributed by atoms with E-state index in [1.807, 2.05) is 6.92 Å². The topological polar surface area (TPSA) is 75.3 Å². The summed E-state index contributed by atoms with van der Waals surface area (Å²) in [5, 5.41) is 6.08. The zero-order valence-corrected chi connectivity index (χ0v) is 12.9. The molecular weight excluding hydrogens is 264 g/mol. The van der Waals surface area contributed by atoms with E-state index >= 15 is 0 Å². The molecule has 1 saturated heterocycles. The smallest absolute Gasteiger partial charge is 0.221 e. The maximum atomic E-state index is 11.9. The van der Waals surface area contributed by atoms with Crippen molar-refractivity contribution in [3.63, 3.8) is 0 Å². The lowest BCUT2D eigenvalue weighted by molar-refractivity contribution is -0.122. The van der Waals surface area contributed by atoms with Crippen LogP contribution in [-0.2, 0) is 14.6 Å². The molecule has 0 saturated carbocycles. The average Bonchev–Trinajstić information content (AvgIpc) is 2.28.